The van der Waals surface area contributed by atoms with Gasteiger partial charge in [0, 0.05) is 24.0 Å². The van der Waals surface area contributed by atoms with Crippen LogP contribution < -0.4 is 10.6 Å². The van der Waals surface area contributed by atoms with Crippen molar-refractivity contribution in [2.45, 2.75) is 31.3 Å². The number of hydrogen-bond donors (Lipinski definition) is 2. The van der Waals surface area contributed by atoms with Crippen molar-refractivity contribution in [3.63, 3.8) is 0 Å². The molecule has 25 heavy (non-hydrogen) atoms. The summed E-state index contributed by atoms with van der Waals surface area (Å²) < 4.78 is 28.7. The number of aromatic nitrogens is 2. The molecule has 136 valence electrons. The lowest BCUT2D eigenvalue weighted by Gasteiger charge is -2.37. The maximum Gasteiger partial charge on any atom is 0.248 e. The van der Waals surface area contributed by atoms with Crippen molar-refractivity contribution in [1.29, 1.82) is 0 Å². The normalized spacial score (nSPS) is 17.4. The van der Waals surface area contributed by atoms with Gasteiger partial charge in [-0.3, -0.25) is 9.48 Å². The minimum Gasteiger partial charge on any atom is -0.347 e. The van der Waals surface area contributed by atoms with Gasteiger partial charge in [0.25, 0.3) is 0 Å². The summed E-state index contributed by atoms with van der Waals surface area (Å²) in [7, 11) is 0. The molecule has 2 N–H and O–H groups in total. The van der Waals surface area contributed by atoms with Crippen molar-refractivity contribution in [2.24, 2.45) is 0 Å². The summed E-state index contributed by atoms with van der Waals surface area (Å²) in [6, 6.07) is 4.58. The summed E-state index contributed by atoms with van der Waals surface area (Å²) in [5.41, 5.74) is -0.534. The first kappa shape index (κ1) is 19.3. The first-order chi connectivity index (χ1) is 11.5. The van der Waals surface area contributed by atoms with Gasteiger partial charge in [-0.2, -0.15) is 5.10 Å². The topological polar surface area (TPSA) is 59.0 Å². The maximum absolute atomic E-state index is 13.9. The summed E-state index contributed by atoms with van der Waals surface area (Å²) in [6.07, 6.45) is 4.60. The second-order valence-corrected chi connectivity index (χ2v) is 6.09. The van der Waals surface area contributed by atoms with Crippen molar-refractivity contribution >= 4 is 18.3 Å². The first-order valence-electron chi connectivity index (χ1n) is 8.00. The molecule has 2 aromatic rings. The standard InChI is InChI=1S/C17H20F2N4O.ClH/c1-12(14-4-3-13(18)11-15(14)19)22-16(24)17(5-8-20-9-6-17)23-10-2-7-21-23;/h2-4,7,10-12,20H,5-6,8-9H2,1H3,(H,22,24);1H. The maximum atomic E-state index is 13.9. The van der Waals surface area contributed by atoms with E-state index in [2.05, 4.69) is 15.7 Å². The van der Waals surface area contributed by atoms with Gasteiger partial charge in [-0.1, -0.05) is 6.07 Å². The Morgan fingerprint density at radius 3 is 2.68 bits per heavy atom. The van der Waals surface area contributed by atoms with Crippen LogP contribution in [0.25, 0.3) is 0 Å². The largest absolute Gasteiger partial charge is 0.347 e. The van der Waals surface area contributed by atoms with E-state index in [0.717, 1.165) is 6.07 Å². The van der Waals surface area contributed by atoms with Crippen molar-refractivity contribution in [3.8, 4) is 0 Å². The van der Waals surface area contributed by atoms with Gasteiger partial charge >= 0.3 is 0 Å². The third-order valence-electron chi connectivity index (χ3n) is 4.57. The second kappa shape index (κ2) is 7.93. The lowest BCUT2D eigenvalue weighted by molar-refractivity contribution is -0.132. The van der Waals surface area contributed by atoms with Crippen LogP contribution in [0.3, 0.4) is 0 Å². The van der Waals surface area contributed by atoms with Gasteiger partial charge in [-0.25, -0.2) is 8.78 Å². The molecule has 8 heteroatoms. The number of piperidine rings is 1. The van der Waals surface area contributed by atoms with Crippen molar-refractivity contribution in [1.82, 2.24) is 20.4 Å². The predicted octanol–water partition coefficient (Wildman–Crippen LogP) is 2.54. The number of rotatable bonds is 4. The monoisotopic (exact) mass is 370 g/mol. The summed E-state index contributed by atoms with van der Waals surface area (Å²) in [5.74, 6) is -1.51. The van der Waals surface area contributed by atoms with E-state index in [-0.39, 0.29) is 23.9 Å². The van der Waals surface area contributed by atoms with Crippen LogP contribution in [0, 0.1) is 11.6 Å². The lowest BCUT2D eigenvalue weighted by atomic mass is 9.87. The molecule has 0 radical (unpaired) electrons. The Bertz CT molecular complexity index is 717. The van der Waals surface area contributed by atoms with Gasteiger partial charge in [0.2, 0.25) is 5.91 Å². The summed E-state index contributed by atoms with van der Waals surface area (Å²) >= 11 is 0. The molecule has 1 amide bonds. The highest BCUT2D eigenvalue weighted by Gasteiger charge is 2.42. The summed E-state index contributed by atoms with van der Waals surface area (Å²) in [4.78, 5) is 13.0. The molecular weight excluding hydrogens is 350 g/mol. The Labute approximate surface area is 151 Å². The Hall–Kier alpha value is -1.99. The van der Waals surface area contributed by atoms with E-state index < -0.39 is 23.2 Å². The lowest BCUT2D eigenvalue weighted by Crippen LogP contribution is -2.55. The number of nitrogens with zero attached hydrogens (tertiary/aromatic N) is 2. The fourth-order valence-corrected chi connectivity index (χ4v) is 3.18. The average Bonchev–Trinajstić information content (AvgIpc) is 3.10. The molecule has 0 saturated carbocycles. The summed E-state index contributed by atoms with van der Waals surface area (Å²) in [6.45, 7) is 3.09. The van der Waals surface area contributed by atoms with Crippen molar-refractivity contribution in [3.05, 3.63) is 53.9 Å². The van der Waals surface area contributed by atoms with E-state index in [1.807, 2.05) is 0 Å². The Morgan fingerprint density at radius 2 is 2.08 bits per heavy atom. The number of benzene rings is 1. The molecule has 1 aliphatic rings. The number of hydrogen-bond acceptors (Lipinski definition) is 3. The van der Waals surface area contributed by atoms with E-state index in [1.165, 1.54) is 12.1 Å². The predicted molar refractivity (Wildman–Crippen MR) is 92.5 cm³/mol. The third kappa shape index (κ3) is 3.82. The molecule has 1 aromatic carbocycles. The Balaban J connectivity index is 0.00000225. The number of amides is 1. The SMILES string of the molecule is CC(NC(=O)C1(n2cccn2)CCNCC1)c1ccc(F)cc1F.Cl. The molecule has 1 aromatic heterocycles. The van der Waals surface area contributed by atoms with E-state index in [4.69, 9.17) is 0 Å². The molecule has 1 aliphatic heterocycles. The molecule has 3 rings (SSSR count). The van der Waals surface area contributed by atoms with Gasteiger partial charge in [-0.05, 0) is 45.0 Å². The van der Waals surface area contributed by atoms with Crippen LogP contribution in [0.4, 0.5) is 8.78 Å². The van der Waals surface area contributed by atoms with Crippen LogP contribution in [0.2, 0.25) is 0 Å². The fourth-order valence-electron chi connectivity index (χ4n) is 3.18. The zero-order chi connectivity index (χ0) is 17.2. The molecule has 2 heterocycles. The van der Waals surface area contributed by atoms with Crippen LogP contribution in [0.5, 0.6) is 0 Å². The Kier molecular flexibility index (Phi) is 6.13. The Morgan fingerprint density at radius 1 is 1.36 bits per heavy atom. The molecule has 5 nitrogen and oxygen atoms in total. The first-order valence-corrected chi connectivity index (χ1v) is 8.00. The van der Waals surface area contributed by atoms with E-state index in [1.54, 1.807) is 30.1 Å². The summed E-state index contributed by atoms with van der Waals surface area (Å²) in [5, 5.41) is 10.3. The molecule has 1 fully saturated rings. The van der Waals surface area contributed by atoms with Crippen LogP contribution in [0.15, 0.2) is 36.7 Å². The van der Waals surface area contributed by atoms with Crippen molar-refractivity contribution < 1.29 is 13.6 Å². The number of nitrogens with one attached hydrogen (secondary N) is 2. The van der Waals surface area contributed by atoms with Gasteiger partial charge in [0.1, 0.15) is 17.2 Å². The number of carbonyl (C=O) groups excluding carboxylic acids is 1. The second-order valence-electron chi connectivity index (χ2n) is 6.09. The molecule has 0 aliphatic carbocycles. The van der Waals surface area contributed by atoms with Gasteiger partial charge in [0.15, 0.2) is 0 Å². The highest BCUT2D eigenvalue weighted by Crippen LogP contribution is 2.28. The molecule has 1 unspecified atom stereocenters. The number of halogens is 3. The van der Waals surface area contributed by atoms with Gasteiger partial charge in [0.05, 0.1) is 6.04 Å². The van der Waals surface area contributed by atoms with E-state index >= 15 is 0 Å². The number of carbonyl (C=O) groups is 1. The third-order valence-corrected chi connectivity index (χ3v) is 4.57. The van der Waals surface area contributed by atoms with Crippen LogP contribution in [-0.2, 0) is 10.3 Å². The quantitative estimate of drug-likeness (QED) is 0.869. The minimum atomic E-state index is -0.792. The molecule has 0 spiro atoms. The van der Waals surface area contributed by atoms with Gasteiger partial charge < -0.3 is 10.6 Å². The fraction of sp³-hybridized carbons (Fsp3) is 0.412. The van der Waals surface area contributed by atoms with E-state index in [0.29, 0.717) is 25.9 Å². The van der Waals surface area contributed by atoms with Crippen LogP contribution in [0.1, 0.15) is 31.4 Å². The van der Waals surface area contributed by atoms with Gasteiger partial charge in [-0.15, -0.1) is 12.4 Å². The average molecular weight is 371 g/mol. The zero-order valence-electron chi connectivity index (χ0n) is 13.8. The van der Waals surface area contributed by atoms with Crippen molar-refractivity contribution in [2.75, 3.05) is 13.1 Å². The minimum absolute atomic E-state index is 0. The highest BCUT2D eigenvalue weighted by molar-refractivity contribution is 5.85. The zero-order valence-corrected chi connectivity index (χ0v) is 14.7. The molecular formula is C17H21ClF2N4O. The highest BCUT2D eigenvalue weighted by atomic mass is 35.5. The molecule has 0 bridgehead atoms. The molecule has 1 atom stereocenters. The smallest absolute Gasteiger partial charge is 0.248 e. The van der Waals surface area contributed by atoms with Crippen LogP contribution >= 0.6 is 12.4 Å². The van der Waals surface area contributed by atoms with Crippen LogP contribution in [-0.4, -0.2) is 28.8 Å². The molecule has 1 saturated heterocycles. The van der Waals surface area contributed by atoms with E-state index in [9.17, 15) is 13.6 Å².